The van der Waals surface area contributed by atoms with Crippen molar-refractivity contribution >= 4 is 0 Å². The lowest BCUT2D eigenvalue weighted by molar-refractivity contribution is 0.186. The zero-order chi connectivity index (χ0) is 7.78. The Labute approximate surface area is 65.0 Å². The third-order valence-corrected chi connectivity index (χ3v) is 3.52. The van der Waals surface area contributed by atoms with Crippen molar-refractivity contribution in [2.24, 2.45) is 11.3 Å². The molecule has 1 atom stereocenters. The van der Waals surface area contributed by atoms with Gasteiger partial charge in [-0.25, -0.2) is 0 Å². The lowest BCUT2D eigenvalue weighted by atomic mass is 9.64. The highest BCUT2D eigenvalue weighted by atomic mass is 14.4. The Bertz CT molecular complexity index is 101. The summed E-state index contributed by atoms with van der Waals surface area (Å²) in [6.07, 6.45) is 4.19. The molecule has 1 fully saturated rings. The van der Waals surface area contributed by atoms with Crippen LogP contribution < -0.4 is 0 Å². The summed E-state index contributed by atoms with van der Waals surface area (Å²) in [5, 5.41) is 0. The molecule has 0 aliphatic heterocycles. The van der Waals surface area contributed by atoms with Crippen molar-refractivity contribution in [1.82, 2.24) is 0 Å². The summed E-state index contributed by atoms with van der Waals surface area (Å²) in [6, 6.07) is 0. The molecule has 0 N–H and O–H groups in total. The van der Waals surface area contributed by atoms with Gasteiger partial charge >= 0.3 is 0 Å². The van der Waals surface area contributed by atoms with E-state index in [2.05, 4.69) is 27.7 Å². The Hall–Kier alpha value is -0.130. The van der Waals surface area contributed by atoms with E-state index in [1.807, 2.05) is 0 Å². The second-order valence-electron chi connectivity index (χ2n) is 4.30. The monoisotopic (exact) mass is 139 g/mol. The summed E-state index contributed by atoms with van der Waals surface area (Å²) < 4.78 is 0. The first-order chi connectivity index (χ1) is 4.55. The van der Waals surface area contributed by atoms with E-state index in [1.54, 1.807) is 5.92 Å². The molecule has 0 nitrogen and oxygen atoms in total. The van der Waals surface area contributed by atoms with Gasteiger partial charge in [0.05, 0.1) is 19.3 Å². The maximum Gasteiger partial charge on any atom is 0.107 e. The predicted octanol–water partition coefficient (Wildman–Crippen LogP) is 3.43. The van der Waals surface area contributed by atoms with Crippen LogP contribution in [0, 0.1) is 17.3 Å². The van der Waals surface area contributed by atoms with E-state index >= 15 is 0 Å². The fourth-order valence-electron chi connectivity index (χ4n) is 1.78. The zero-order valence-electron chi connectivity index (χ0n) is 7.70. The van der Waals surface area contributed by atoms with Gasteiger partial charge in [-0.15, -0.1) is 0 Å². The maximum absolute atomic E-state index is 2.38. The van der Waals surface area contributed by atoms with Crippen LogP contribution in [0.2, 0.25) is 0 Å². The van der Waals surface area contributed by atoms with E-state index in [4.69, 9.17) is 0 Å². The largest absolute Gasteiger partial charge is 0.107 e. The minimum atomic E-state index is 0.512. The molecule has 0 aromatic carbocycles. The van der Waals surface area contributed by atoms with E-state index in [-0.39, 0.29) is 0 Å². The van der Waals surface area contributed by atoms with Crippen LogP contribution >= 0.6 is 0 Å². The maximum atomic E-state index is 2.38. The molecule has 0 amide bonds. The van der Waals surface area contributed by atoms with Crippen molar-refractivity contribution in [3.8, 4) is 0 Å². The number of hydrogen-bond donors (Lipinski definition) is 0. The van der Waals surface area contributed by atoms with Gasteiger partial charge in [0.15, 0.2) is 0 Å². The normalized spacial score (nSPS) is 32.4. The summed E-state index contributed by atoms with van der Waals surface area (Å²) in [5.74, 6) is 2.59. The van der Waals surface area contributed by atoms with Crippen LogP contribution in [-0.4, -0.2) is 0 Å². The van der Waals surface area contributed by atoms with Gasteiger partial charge in [0.2, 0.25) is 0 Å². The van der Waals surface area contributed by atoms with E-state index in [9.17, 15) is 0 Å². The molecule has 0 radical (unpaired) electrons. The number of hydrogen-bond acceptors (Lipinski definition) is 0. The molecule has 1 aliphatic rings. The molecule has 1 aliphatic carbocycles. The fraction of sp³-hybridized carbons (Fsp3) is 0.900. The highest BCUT2D eigenvalue weighted by molar-refractivity contribution is 5.04. The second kappa shape index (κ2) is 2.48. The summed E-state index contributed by atoms with van der Waals surface area (Å²) in [6.45, 7) is 9.46. The zero-order valence-corrected chi connectivity index (χ0v) is 7.70. The Morgan fingerprint density at radius 2 is 2.00 bits per heavy atom. The lowest BCUT2D eigenvalue weighted by Crippen LogP contribution is -2.31. The van der Waals surface area contributed by atoms with Gasteiger partial charge in [-0.3, -0.25) is 0 Å². The molecule has 1 unspecified atom stereocenters. The lowest BCUT2D eigenvalue weighted by Gasteiger charge is -2.33. The molecule has 0 heterocycles. The van der Waals surface area contributed by atoms with Gasteiger partial charge < -0.3 is 0 Å². The SMILES string of the molecule is C[C+]1CCCC(C)C1(C)C. The molecule has 0 spiro atoms. The van der Waals surface area contributed by atoms with Crippen LogP contribution in [0.3, 0.4) is 0 Å². The Morgan fingerprint density at radius 1 is 1.40 bits per heavy atom. The highest BCUT2D eigenvalue weighted by Gasteiger charge is 2.43. The summed E-state index contributed by atoms with van der Waals surface area (Å²) in [5.41, 5.74) is 0.512. The summed E-state index contributed by atoms with van der Waals surface area (Å²) >= 11 is 0. The Balaban J connectivity index is 2.63. The van der Waals surface area contributed by atoms with Gasteiger partial charge in [-0.1, -0.05) is 6.92 Å². The molecular weight excluding hydrogens is 120 g/mol. The fourth-order valence-corrected chi connectivity index (χ4v) is 1.78. The molecule has 58 valence electrons. The molecule has 0 aromatic heterocycles. The van der Waals surface area contributed by atoms with Crippen molar-refractivity contribution in [3.63, 3.8) is 0 Å². The van der Waals surface area contributed by atoms with Crippen molar-refractivity contribution in [3.05, 3.63) is 5.92 Å². The first-order valence-corrected chi connectivity index (χ1v) is 4.38. The van der Waals surface area contributed by atoms with Crippen LogP contribution in [0.4, 0.5) is 0 Å². The first kappa shape index (κ1) is 7.97. The van der Waals surface area contributed by atoms with Crippen LogP contribution in [0.15, 0.2) is 0 Å². The quantitative estimate of drug-likeness (QED) is 0.451. The average Bonchev–Trinajstić information content (AvgIpc) is 1.84. The molecule has 0 saturated heterocycles. The van der Waals surface area contributed by atoms with E-state index < -0.39 is 0 Å². The van der Waals surface area contributed by atoms with Gasteiger partial charge in [-0.2, -0.15) is 0 Å². The highest BCUT2D eigenvalue weighted by Crippen LogP contribution is 2.45. The number of rotatable bonds is 0. The van der Waals surface area contributed by atoms with Crippen molar-refractivity contribution in [2.75, 3.05) is 0 Å². The van der Waals surface area contributed by atoms with E-state index in [0.717, 1.165) is 5.92 Å². The van der Waals surface area contributed by atoms with Gasteiger partial charge in [0.1, 0.15) is 5.41 Å². The summed E-state index contributed by atoms with van der Waals surface area (Å²) in [4.78, 5) is 0. The van der Waals surface area contributed by atoms with Crippen LogP contribution in [0.25, 0.3) is 0 Å². The molecule has 1 saturated carbocycles. The minimum Gasteiger partial charge on any atom is -0.0579 e. The van der Waals surface area contributed by atoms with Crippen molar-refractivity contribution < 1.29 is 0 Å². The smallest absolute Gasteiger partial charge is 0.0579 e. The Kier molecular flexibility index (Phi) is 1.98. The molecule has 1 rings (SSSR count). The van der Waals surface area contributed by atoms with Crippen LogP contribution in [0.5, 0.6) is 0 Å². The molecule has 0 bridgehead atoms. The first-order valence-electron chi connectivity index (χ1n) is 4.38. The van der Waals surface area contributed by atoms with E-state index in [1.165, 1.54) is 19.3 Å². The average molecular weight is 139 g/mol. The molecule has 10 heavy (non-hydrogen) atoms. The molecule has 0 aromatic rings. The Morgan fingerprint density at radius 3 is 2.40 bits per heavy atom. The van der Waals surface area contributed by atoms with Gasteiger partial charge in [-0.05, 0) is 26.7 Å². The van der Waals surface area contributed by atoms with Crippen molar-refractivity contribution in [1.29, 1.82) is 0 Å². The van der Waals surface area contributed by atoms with Crippen LogP contribution in [-0.2, 0) is 0 Å². The van der Waals surface area contributed by atoms with Crippen LogP contribution in [0.1, 0.15) is 47.0 Å². The third kappa shape index (κ3) is 1.16. The van der Waals surface area contributed by atoms with Gasteiger partial charge in [0, 0.05) is 5.92 Å². The standard InChI is InChI=1S/C10H19/c1-8-6-5-7-9(2)10(8,3)4/h8H,5-7H2,1-4H3/q+1. The molecule has 0 heteroatoms. The van der Waals surface area contributed by atoms with Crippen molar-refractivity contribution in [2.45, 2.75) is 47.0 Å². The van der Waals surface area contributed by atoms with Gasteiger partial charge in [0.25, 0.3) is 0 Å². The third-order valence-electron chi connectivity index (χ3n) is 3.52. The topological polar surface area (TPSA) is 0 Å². The minimum absolute atomic E-state index is 0.512. The van der Waals surface area contributed by atoms with E-state index in [0.29, 0.717) is 5.41 Å². The summed E-state index contributed by atoms with van der Waals surface area (Å²) in [7, 11) is 0. The molecular formula is C10H19+. The second-order valence-corrected chi connectivity index (χ2v) is 4.30. The predicted molar refractivity (Wildman–Crippen MR) is 45.7 cm³/mol.